The van der Waals surface area contributed by atoms with Crippen molar-refractivity contribution in [3.05, 3.63) is 83.4 Å². The van der Waals surface area contributed by atoms with Gasteiger partial charge in [0.15, 0.2) is 5.65 Å². The minimum Gasteiger partial charge on any atom is -0.462 e. The summed E-state index contributed by atoms with van der Waals surface area (Å²) in [4.78, 5) is 28.8. The first-order chi connectivity index (χ1) is 16.2. The molecule has 2 aromatic heterocycles. The van der Waals surface area contributed by atoms with Crippen molar-refractivity contribution in [3.63, 3.8) is 0 Å². The Balaban J connectivity index is 1.64. The van der Waals surface area contributed by atoms with Crippen LogP contribution < -0.4 is 5.32 Å². The SMILES string of the molecule is CCOC(=O)c1cnn2c(-c3cccc(NC(=O)c4ccc(F)c(C(F)(F)F)c4)c3)ccnc12. The third kappa shape index (κ3) is 4.45. The Labute approximate surface area is 190 Å². The number of anilines is 1. The van der Waals surface area contributed by atoms with Crippen LogP contribution in [-0.4, -0.2) is 33.1 Å². The number of carbonyl (C=O) groups is 2. The Morgan fingerprint density at radius 3 is 2.65 bits per heavy atom. The Hall–Kier alpha value is -4.28. The number of hydrogen-bond donors (Lipinski definition) is 1. The van der Waals surface area contributed by atoms with Crippen LogP contribution in [0, 0.1) is 5.82 Å². The summed E-state index contributed by atoms with van der Waals surface area (Å²) in [6.07, 6.45) is -2.11. The second-order valence-electron chi connectivity index (χ2n) is 7.07. The largest absolute Gasteiger partial charge is 0.462 e. The van der Waals surface area contributed by atoms with Crippen LogP contribution in [0.5, 0.6) is 0 Å². The van der Waals surface area contributed by atoms with Crippen LogP contribution in [0.15, 0.2) is 60.9 Å². The molecule has 1 N–H and O–H groups in total. The fourth-order valence-electron chi connectivity index (χ4n) is 3.31. The molecule has 0 spiro atoms. The molecule has 0 aliphatic rings. The maximum absolute atomic E-state index is 13.5. The van der Waals surface area contributed by atoms with Gasteiger partial charge in [0.05, 0.1) is 24.1 Å². The number of alkyl halides is 3. The number of aromatic nitrogens is 3. The Kier molecular flexibility index (Phi) is 6.01. The van der Waals surface area contributed by atoms with E-state index in [1.807, 2.05) is 0 Å². The number of ether oxygens (including phenoxy) is 1. The van der Waals surface area contributed by atoms with Crippen LogP contribution >= 0.6 is 0 Å². The van der Waals surface area contributed by atoms with Crippen molar-refractivity contribution in [2.24, 2.45) is 0 Å². The van der Waals surface area contributed by atoms with Gasteiger partial charge in [0.1, 0.15) is 11.4 Å². The van der Waals surface area contributed by atoms with Gasteiger partial charge in [-0.3, -0.25) is 4.79 Å². The molecule has 2 aromatic carbocycles. The molecule has 0 atom stereocenters. The first-order valence-electron chi connectivity index (χ1n) is 9.97. The van der Waals surface area contributed by atoms with Gasteiger partial charge in [0.25, 0.3) is 5.91 Å². The van der Waals surface area contributed by atoms with E-state index in [4.69, 9.17) is 4.74 Å². The lowest BCUT2D eigenvalue weighted by molar-refractivity contribution is -0.140. The second-order valence-corrected chi connectivity index (χ2v) is 7.07. The zero-order chi connectivity index (χ0) is 24.5. The van der Waals surface area contributed by atoms with Gasteiger partial charge >= 0.3 is 12.1 Å². The highest BCUT2D eigenvalue weighted by atomic mass is 19.4. The van der Waals surface area contributed by atoms with Crippen LogP contribution in [0.2, 0.25) is 0 Å². The zero-order valence-corrected chi connectivity index (χ0v) is 17.6. The summed E-state index contributed by atoms with van der Waals surface area (Å²) in [6.45, 7) is 1.87. The number of amides is 1. The van der Waals surface area contributed by atoms with Crippen molar-refractivity contribution in [1.29, 1.82) is 0 Å². The van der Waals surface area contributed by atoms with Crippen molar-refractivity contribution < 1.29 is 31.9 Å². The van der Waals surface area contributed by atoms with E-state index in [1.165, 1.54) is 16.9 Å². The zero-order valence-electron chi connectivity index (χ0n) is 17.6. The van der Waals surface area contributed by atoms with E-state index in [0.29, 0.717) is 23.4 Å². The van der Waals surface area contributed by atoms with E-state index >= 15 is 0 Å². The summed E-state index contributed by atoms with van der Waals surface area (Å²) in [7, 11) is 0. The predicted octanol–water partition coefficient (Wildman–Crippen LogP) is 4.98. The molecule has 0 radical (unpaired) electrons. The first kappa shape index (κ1) is 22.9. The highest BCUT2D eigenvalue weighted by Crippen LogP contribution is 2.32. The lowest BCUT2D eigenvalue weighted by Gasteiger charge is -2.11. The van der Waals surface area contributed by atoms with Crippen LogP contribution in [-0.2, 0) is 10.9 Å². The number of halogens is 4. The number of nitrogens with one attached hydrogen (secondary N) is 1. The Bertz CT molecular complexity index is 1400. The summed E-state index contributed by atoms with van der Waals surface area (Å²) < 4.78 is 58.9. The van der Waals surface area contributed by atoms with Crippen molar-refractivity contribution in [2.75, 3.05) is 11.9 Å². The van der Waals surface area contributed by atoms with Crippen LogP contribution in [0.4, 0.5) is 23.2 Å². The number of nitrogens with zero attached hydrogens (tertiary/aromatic N) is 3. The molecule has 0 bridgehead atoms. The fraction of sp³-hybridized carbons (Fsp3) is 0.130. The average Bonchev–Trinajstić information content (AvgIpc) is 3.23. The third-order valence-corrected chi connectivity index (χ3v) is 4.85. The second kappa shape index (κ2) is 8.93. The summed E-state index contributed by atoms with van der Waals surface area (Å²) in [5, 5.41) is 6.71. The number of hydrogen-bond acceptors (Lipinski definition) is 5. The molecule has 34 heavy (non-hydrogen) atoms. The lowest BCUT2D eigenvalue weighted by atomic mass is 10.1. The molecule has 0 saturated carbocycles. The van der Waals surface area contributed by atoms with Gasteiger partial charge in [-0.15, -0.1) is 0 Å². The molecule has 0 fully saturated rings. The van der Waals surface area contributed by atoms with Crippen molar-refractivity contribution >= 4 is 23.2 Å². The molecule has 4 rings (SSSR count). The molecule has 0 aliphatic carbocycles. The van der Waals surface area contributed by atoms with Crippen LogP contribution in [0.25, 0.3) is 16.9 Å². The maximum Gasteiger partial charge on any atom is 0.419 e. The van der Waals surface area contributed by atoms with Gasteiger partial charge in [0, 0.05) is 23.0 Å². The molecule has 0 unspecified atom stereocenters. The molecular weight excluding hydrogens is 456 g/mol. The monoisotopic (exact) mass is 472 g/mol. The highest BCUT2D eigenvalue weighted by molar-refractivity contribution is 6.04. The molecule has 4 aromatic rings. The molecule has 0 aliphatic heterocycles. The van der Waals surface area contributed by atoms with Gasteiger partial charge in [-0.2, -0.15) is 18.3 Å². The number of benzene rings is 2. The summed E-state index contributed by atoms with van der Waals surface area (Å²) >= 11 is 0. The molecule has 2 heterocycles. The van der Waals surface area contributed by atoms with Crippen LogP contribution in [0.1, 0.15) is 33.2 Å². The lowest BCUT2D eigenvalue weighted by Crippen LogP contribution is -2.15. The fourth-order valence-corrected chi connectivity index (χ4v) is 3.31. The molecule has 11 heteroatoms. The highest BCUT2D eigenvalue weighted by Gasteiger charge is 2.34. The van der Waals surface area contributed by atoms with Crippen LogP contribution in [0.3, 0.4) is 0 Å². The van der Waals surface area contributed by atoms with Gasteiger partial charge in [-0.25, -0.2) is 18.7 Å². The van der Waals surface area contributed by atoms with E-state index in [-0.39, 0.29) is 29.1 Å². The molecule has 7 nitrogen and oxygen atoms in total. The molecule has 1 amide bonds. The third-order valence-electron chi connectivity index (χ3n) is 4.85. The number of fused-ring (bicyclic) bond motifs is 1. The van der Waals surface area contributed by atoms with E-state index in [2.05, 4.69) is 15.4 Å². The Morgan fingerprint density at radius 1 is 1.12 bits per heavy atom. The van der Waals surface area contributed by atoms with Crippen molar-refractivity contribution in [1.82, 2.24) is 14.6 Å². The molecular formula is C23H16F4N4O3. The van der Waals surface area contributed by atoms with Crippen molar-refractivity contribution in [3.8, 4) is 11.3 Å². The number of esters is 1. The van der Waals surface area contributed by atoms with Gasteiger partial charge < -0.3 is 10.1 Å². The predicted molar refractivity (Wildman–Crippen MR) is 114 cm³/mol. The minimum atomic E-state index is -4.93. The average molecular weight is 472 g/mol. The first-order valence-corrected chi connectivity index (χ1v) is 9.97. The Morgan fingerprint density at radius 2 is 1.91 bits per heavy atom. The minimum absolute atomic E-state index is 0.185. The maximum atomic E-state index is 13.5. The van der Waals surface area contributed by atoms with E-state index in [1.54, 1.807) is 37.3 Å². The normalized spacial score (nSPS) is 11.4. The van der Waals surface area contributed by atoms with Crippen molar-refractivity contribution in [2.45, 2.75) is 13.1 Å². The quantitative estimate of drug-likeness (QED) is 0.327. The standard InChI is InChI=1S/C23H16F4N4O3/c1-2-34-22(33)16-12-29-31-19(8-9-28-20(16)31)13-4-3-5-15(10-13)30-21(32)14-6-7-18(24)17(11-14)23(25,26)27/h3-12H,2H2,1H3,(H,30,32). The van der Waals surface area contributed by atoms with Gasteiger partial charge in [0.2, 0.25) is 0 Å². The molecule has 0 saturated heterocycles. The summed E-state index contributed by atoms with van der Waals surface area (Å²) in [5.41, 5.74) is -0.0123. The van der Waals surface area contributed by atoms with E-state index < -0.39 is 29.4 Å². The summed E-state index contributed by atoms with van der Waals surface area (Å²) in [5.74, 6) is -2.87. The number of carbonyl (C=O) groups excluding carboxylic acids is 2. The number of rotatable bonds is 5. The molecule has 174 valence electrons. The topological polar surface area (TPSA) is 85.6 Å². The van der Waals surface area contributed by atoms with E-state index in [9.17, 15) is 27.2 Å². The summed E-state index contributed by atoms with van der Waals surface area (Å²) in [6, 6.07) is 10.1. The smallest absolute Gasteiger partial charge is 0.419 e. The van der Waals surface area contributed by atoms with E-state index in [0.717, 1.165) is 6.07 Å². The van der Waals surface area contributed by atoms with Gasteiger partial charge in [-0.05, 0) is 43.3 Å². The van der Waals surface area contributed by atoms with Gasteiger partial charge in [-0.1, -0.05) is 12.1 Å².